The van der Waals surface area contributed by atoms with Crippen LogP contribution in [0.2, 0.25) is 13.7 Å². The van der Waals surface area contributed by atoms with E-state index in [0.29, 0.717) is 19.3 Å². The van der Waals surface area contributed by atoms with Crippen molar-refractivity contribution in [2.75, 3.05) is 13.6 Å². The fourth-order valence-corrected chi connectivity index (χ4v) is 3.60. The Morgan fingerprint density at radius 3 is 2.38 bits per heavy atom. The van der Waals surface area contributed by atoms with Gasteiger partial charge < -0.3 is 0 Å². The number of hydrogen-bond donors (Lipinski definition) is 0. The first-order valence-corrected chi connectivity index (χ1v) is 8.27. The van der Waals surface area contributed by atoms with E-state index in [1.807, 2.05) is 43.1 Å². The van der Waals surface area contributed by atoms with Gasteiger partial charge in [-0.1, -0.05) is 46.9 Å². The molecule has 0 spiro atoms. The van der Waals surface area contributed by atoms with Crippen LogP contribution in [0.5, 0.6) is 0 Å². The summed E-state index contributed by atoms with van der Waals surface area (Å²) in [4.78, 5) is 14.2. The molecule has 0 saturated heterocycles. The van der Waals surface area contributed by atoms with Crippen LogP contribution >= 0.6 is 46.1 Å². The number of rotatable bonds is 5. The molecule has 0 amide bonds. The Morgan fingerprint density at radius 2 is 1.86 bits per heavy atom. The molecule has 0 aliphatic heterocycles. The maximum atomic E-state index is 12.3. The Hall–Kier alpha value is -0.580. The number of carbonyl (C=O) groups excluding carboxylic acids is 1. The Morgan fingerprint density at radius 1 is 1.24 bits per heavy atom. The van der Waals surface area contributed by atoms with Crippen LogP contribution in [0.3, 0.4) is 0 Å². The van der Waals surface area contributed by atoms with Crippen molar-refractivity contribution >= 4 is 51.9 Å². The second kappa shape index (κ2) is 7.12. The van der Waals surface area contributed by atoms with Crippen molar-refractivity contribution in [3.05, 3.63) is 55.2 Å². The molecule has 2 aromatic rings. The van der Waals surface area contributed by atoms with Gasteiger partial charge in [-0.05, 0) is 37.7 Å². The second-order valence-corrected chi connectivity index (χ2v) is 7.53. The minimum Gasteiger partial charge on any atom is -0.293 e. The molecule has 1 aromatic heterocycles. The number of carbonyl (C=O) groups is 1. The van der Waals surface area contributed by atoms with Crippen molar-refractivity contribution in [3.63, 3.8) is 0 Å². The molecule has 1 atom stereocenters. The van der Waals surface area contributed by atoms with Gasteiger partial charge in [-0.2, -0.15) is 0 Å². The van der Waals surface area contributed by atoms with Crippen LogP contribution in [-0.2, 0) is 0 Å². The highest BCUT2D eigenvalue weighted by Gasteiger charge is 2.19. The lowest BCUT2D eigenvalue weighted by atomic mass is 10.1. The molecule has 112 valence electrons. The predicted octanol–water partition coefficient (Wildman–Crippen LogP) is 5.58. The third-order valence-corrected chi connectivity index (χ3v) is 5.10. The largest absolute Gasteiger partial charge is 0.293 e. The van der Waals surface area contributed by atoms with Crippen LogP contribution in [0.4, 0.5) is 0 Å². The van der Waals surface area contributed by atoms with Crippen molar-refractivity contribution in [2.45, 2.75) is 13.0 Å². The molecule has 1 aromatic carbocycles. The topological polar surface area (TPSA) is 20.3 Å². The minimum atomic E-state index is -0.0357. The molecule has 2 nitrogen and oxygen atoms in total. The van der Waals surface area contributed by atoms with E-state index in [4.69, 9.17) is 34.8 Å². The number of ketones is 1. The van der Waals surface area contributed by atoms with Crippen LogP contribution in [0, 0.1) is 0 Å². The first-order valence-electron chi connectivity index (χ1n) is 6.32. The molecule has 0 radical (unpaired) electrons. The average molecular weight is 363 g/mol. The molecule has 1 heterocycles. The highest BCUT2D eigenvalue weighted by atomic mass is 35.5. The predicted molar refractivity (Wildman–Crippen MR) is 91.2 cm³/mol. The Bertz CT molecular complexity index is 639. The fourth-order valence-electron chi connectivity index (χ4n) is 1.97. The molecule has 2 rings (SSSR count). The number of benzene rings is 1. The zero-order chi connectivity index (χ0) is 15.6. The molecule has 1 unspecified atom stereocenters. The minimum absolute atomic E-state index is 0.0357. The lowest BCUT2D eigenvalue weighted by Gasteiger charge is -2.24. The summed E-state index contributed by atoms with van der Waals surface area (Å²) in [5.74, 6) is -0.0357. The van der Waals surface area contributed by atoms with Crippen LogP contribution in [0.15, 0.2) is 30.3 Å². The van der Waals surface area contributed by atoms with Gasteiger partial charge in [0.2, 0.25) is 0 Å². The molecule has 0 N–H and O–H groups in total. The van der Waals surface area contributed by atoms with Crippen molar-refractivity contribution in [1.82, 2.24) is 4.90 Å². The van der Waals surface area contributed by atoms with E-state index >= 15 is 0 Å². The van der Waals surface area contributed by atoms with Crippen LogP contribution in [0.25, 0.3) is 0 Å². The van der Waals surface area contributed by atoms with Crippen molar-refractivity contribution < 1.29 is 4.79 Å². The maximum absolute atomic E-state index is 12.3. The summed E-state index contributed by atoms with van der Waals surface area (Å²) in [5, 5.41) is 0.698. The molecule has 0 aliphatic carbocycles. The zero-order valence-corrected chi connectivity index (χ0v) is 14.7. The standard InChI is InChI=1S/C15H14Cl3NOS/c1-9(10-3-5-11(16)6-4-10)19(2)8-13(20)12-7-14(17)21-15(12)18/h3-7,9H,8H2,1-2H3. The number of halogens is 3. The van der Waals surface area contributed by atoms with E-state index < -0.39 is 0 Å². The molecule has 6 heteroatoms. The Kier molecular flexibility index (Phi) is 5.69. The number of thiophene rings is 1. The number of likely N-dealkylation sites (N-methyl/N-ethyl adjacent to an activating group) is 1. The smallest absolute Gasteiger partial charge is 0.179 e. The molecule has 0 bridgehead atoms. The molecule has 0 aliphatic rings. The van der Waals surface area contributed by atoms with Crippen LogP contribution in [-0.4, -0.2) is 24.3 Å². The van der Waals surface area contributed by atoms with Crippen LogP contribution in [0.1, 0.15) is 28.9 Å². The van der Waals surface area contributed by atoms with Gasteiger partial charge in [-0.3, -0.25) is 9.69 Å². The van der Waals surface area contributed by atoms with Gasteiger partial charge in [-0.25, -0.2) is 0 Å². The fraction of sp³-hybridized carbons (Fsp3) is 0.267. The van der Waals surface area contributed by atoms with Gasteiger partial charge >= 0.3 is 0 Å². The zero-order valence-electron chi connectivity index (χ0n) is 11.6. The number of nitrogens with zero attached hydrogens (tertiary/aromatic N) is 1. The van der Waals surface area contributed by atoms with Crippen molar-refractivity contribution in [3.8, 4) is 0 Å². The SMILES string of the molecule is CC(c1ccc(Cl)cc1)N(C)CC(=O)c1cc(Cl)sc1Cl. The molecule has 0 saturated carbocycles. The Balaban J connectivity index is 2.06. The number of hydrogen-bond acceptors (Lipinski definition) is 3. The van der Waals surface area contributed by atoms with E-state index in [1.165, 1.54) is 11.3 Å². The lowest BCUT2D eigenvalue weighted by Crippen LogP contribution is -2.28. The van der Waals surface area contributed by atoms with E-state index in [2.05, 4.69) is 0 Å². The maximum Gasteiger partial charge on any atom is 0.179 e. The summed E-state index contributed by atoms with van der Waals surface area (Å²) in [6.07, 6.45) is 0. The summed E-state index contributed by atoms with van der Waals surface area (Å²) in [6, 6.07) is 9.33. The first-order chi connectivity index (χ1) is 9.88. The van der Waals surface area contributed by atoms with Gasteiger partial charge in [-0.15, -0.1) is 11.3 Å². The average Bonchev–Trinajstić information content (AvgIpc) is 2.77. The van der Waals surface area contributed by atoms with Gasteiger partial charge in [0.15, 0.2) is 5.78 Å². The highest BCUT2D eigenvalue weighted by molar-refractivity contribution is 7.20. The number of Topliss-reactive ketones (excluding diaryl/α,β-unsaturated/α-hetero) is 1. The van der Waals surface area contributed by atoms with Crippen molar-refractivity contribution in [2.24, 2.45) is 0 Å². The quantitative estimate of drug-likeness (QED) is 0.647. The van der Waals surface area contributed by atoms with Gasteiger partial charge in [0, 0.05) is 11.1 Å². The van der Waals surface area contributed by atoms with E-state index in [1.54, 1.807) is 6.07 Å². The van der Waals surface area contributed by atoms with Gasteiger partial charge in [0.1, 0.15) is 4.34 Å². The summed E-state index contributed by atoms with van der Waals surface area (Å²) in [5.41, 5.74) is 1.59. The van der Waals surface area contributed by atoms with Gasteiger partial charge in [0.25, 0.3) is 0 Å². The van der Waals surface area contributed by atoms with E-state index in [0.717, 1.165) is 5.56 Å². The summed E-state index contributed by atoms with van der Waals surface area (Å²) >= 11 is 19.0. The molecular formula is C15H14Cl3NOS. The highest BCUT2D eigenvalue weighted by Crippen LogP contribution is 2.32. The molecular weight excluding hydrogens is 349 g/mol. The lowest BCUT2D eigenvalue weighted by molar-refractivity contribution is 0.0925. The summed E-state index contributed by atoms with van der Waals surface area (Å²) < 4.78 is 0.967. The van der Waals surface area contributed by atoms with Crippen molar-refractivity contribution in [1.29, 1.82) is 0 Å². The third kappa shape index (κ3) is 4.21. The molecule has 0 fully saturated rings. The van der Waals surface area contributed by atoms with Crippen LogP contribution < -0.4 is 0 Å². The molecule has 21 heavy (non-hydrogen) atoms. The van der Waals surface area contributed by atoms with E-state index in [-0.39, 0.29) is 18.4 Å². The normalized spacial score (nSPS) is 12.7. The van der Waals surface area contributed by atoms with Gasteiger partial charge in [0.05, 0.1) is 16.4 Å². The third-order valence-electron chi connectivity index (χ3n) is 3.36. The second-order valence-electron chi connectivity index (χ2n) is 4.80. The summed E-state index contributed by atoms with van der Waals surface area (Å²) in [6.45, 7) is 2.31. The monoisotopic (exact) mass is 361 g/mol. The summed E-state index contributed by atoms with van der Waals surface area (Å²) in [7, 11) is 1.90. The first kappa shape index (κ1) is 16.8. The Labute approximate surface area is 143 Å². The van der Waals surface area contributed by atoms with E-state index in [9.17, 15) is 4.79 Å².